The highest BCUT2D eigenvalue weighted by Crippen LogP contribution is 2.08. The van der Waals surface area contributed by atoms with Crippen LogP contribution in [0.15, 0.2) is 0 Å². The molecular formula is C12H22O4. The van der Waals surface area contributed by atoms with Gasteiger partial charge in [-0.3, -0.25) is 9.59 Å². The maximum atomic E-state index is 11.7. The molecule has 0 saturated carbocycles. The van der Waals surface area contributed by atoms with Crippen LogP contribution in [0.3, 0.4) is 0 Å². The second kappa shape index (κ2) is 9.33. The molecule has 0 aliphatic heterocycles. The molecule has 0 aromatic heterocycles. The lowest BCUT2D eigenvalue weighted by Gasteiger charge is -2.13. The summed E-state index contributed by atoms with van der Waals surface area (Å²) in [6.45, 7) is 4.17. The van der Waals surface area contributed by atoms with Crippen LogP contribution in [0.1, 0.15) is 46.0 Å². The SMILES string of the molecule is CCCCC(OC)C(=O)CCC(=O)OCC. The molecule has 4 heteroatoms. The first-order valence-corrected chi connectivity index (χ1v) is 5.86. The Balaban J connectivity index is 3.87. The van der Waals surface area contributed by atoms with Gasteiger partial charge < -0.3 is 9.47 Å². The van der Waals surface area contributed by atoms with E-state index in [0.29, 0.717) is 6.61 Å². The molecule has 94 valence electrons. The number of rotatable bonds is 9. The van der Waals surface area contributed by atoms with Gasteiger partial charge in [-0.25, -0.2) is 0 Å². The first-order valence-electron chi connectivity index (χ1n) is 5.86. The Morgan fingerprint density at radius 1 is 1.19 bits per heavy atom. The van der Waals surface area contributed by atoms with Crippen LogP contribution in [-0.4, -0.2) is 31.6 Å². The van der Waals surface area contributed by atoms with Crippen LogP contribution < -0.4 is 0 Å². The zero-order valence-electron chi connectivity index (χ0n) is 10.5. The van der Waals surface area contributed by atoms with E-state index in [1.165, 1.54) is 7.11 Å². The lowest BCUT2D eigenvalue weighted by molar-refractivity contribution is -0.145. The smallest absolute Gasteiger partial charge is 0.306 e. The van der Waals surface area contributed by atoms with Gasteiger partial charge in [-0.05, 0) is 13.3 Å². The molecule has 0 bridgehead atoms. The van der Waals surface area contributed by atoms with Crippen molar-refractivity contribution in [1.82, 2.24) is 0 Å². The summed E-state index contributed by atoms with van der Waals surface area (Å²) in [5.41, 5.74) is 0. The molecule has 0 rings (SSSR count). The van der Waals surface area contributed by atoms with Crippen molar-refractivity contribution in [2.75, 3.05) is 13.7 Å². The van der Waals surface area contributed by atoms with Gasteiger partial charge in [0.2, 0.25) is 0 Å². The summed E-state index contributed by atoms with van der Waals surface area (Å²) in [4.78, 5) is 22.7. The van der Waals surface area contributed by atoms with Gasteiger partial charge in [0.25, 0.3) is 0 Å². The van der Waals surface area contributed by atoms with Crippen molar-refractivity contribution >= 4 is 11.8 Å². The molecule has 0 aliphatic rings. The maximum absolute atomic E-state index is 11.7. The molecule has 0 aliphatic carbocycles. The largest absolute Gasteiger partial charge is 0.466 e. The summed E-state index contributed by atoms with van der Waals surface area (Å²) in [7, 11) is 1.53. The quantitative estimate of drug-likeness (QED) is 0.569. The Kier molecular flexibility index (Phi) is 8.81. The van der Waals surface area contributed by atoms with E-state index in [2.05, 4.69) is 6.92 Å². The minimum Gasteiger partial charge on any atom is -0.466 e. The number of esters is 1. The predicted molar refractivity (Wildman–Crippen MR) is 61.2 cm³/mol. The van der Waals surface area contributed by atoms with E-state index in [9.17, 15) is 9.59 Å². The Morgan fingerprint density at radius 2 is 1.88 bits per heavy atom. The van der Waals surface area contributed by atoms with Gasteiger partial charge >= 0.3 is 5.97 Å². The third-order valence-electron chi connectivity index (χ3n) is 2.34. The van der Waals surface area contributed by atoms with Crippen LogP contribution in [0, 0.1) is 0 Å². The Hall–Kier alpha value is -0.900. The number of carbonyl (C=O) groups excluding carboxylic acids is 2. The molecule has 0 fully saturated rings. The molecule has 0 spiro atoms. The van der Waals surface area contributed by atoms with Crippen molar-refractivity contribution in [1.29, 1.82) is 0 Å². The fourth-order valence-corrected chi connectivity index (χ4v) is 1.42. The van der Waals surface area contributed by atoms with E-state index in [1.54, 1.807) is 6.92 Å². The van der Waals surface area contributed by atoms with Crippen molar-refractivity contribution in [2.24, 2.45) is 0 Å². The fourth-order valence-electron chi connectivity index (χ4n) is 1.42. The number of hydrogen-bond donors (Lipinski definition) is 0. The molecule has 0 aromatic rings. The van der Waals surface area contributed by atoms with Gasteiger partial charge in [0.15, 0.2) is 5.78 Å². The maximum Gasteiger partial charge on any atom is 0.306 e. The normalized spacial score (nSPS) is 12.2. The van der Waals surface area contributed by atoms with Crippen molar-refractivity contribution < 1.29 is 19.1 Å². The van der Waals surface area contributed by atoms with Gasteiger partial charge in [-0.1, -0.05) is 19.8 Å². The lowest BCUT2D eigenvalue weighted by Crippen LogP contribution is -2.23. The third-order valence-corrected chi connectivity index (χ3v) is 2.34. The lowest BCUT2D eigenvalue weighted by atomic mass is 10.0. The zero-order chi connectivity index (χ0) is 12.4. The number of Topliss-reactive ketones (excluding diaryl/α,β-unsaturated/α-hetero) is 1. The average molecular weight is 230 g/mol. The number of carbonyl (C=O) groups is 2. The van der Waals surface area contributed by atoms with Gasteiger partial charge in [0.05, 0.1) is 13.0 Å². The summed E-state index contributed by atoms with van der Waals surface area (Å²) in [5, 5.41) is 0. The minimum atomic E-state index is -0.366. The van der Waals surface area contributed by atoms with E-state index in [4.69, 9.17) is 9.47 Å². The number of ketones is 1. The topological polar surface area (TPSA) is 52.6 Å². The number of hydrogen-bond acceptors (Lipinski definition) is 4. The Morgan fingerprint density at radius 3 is 2.38 bits per heavy atom. The molecular weight excluding hydrogens is 208 g/mol. The van der Waals surface area contributed by atoms with Crippen LogP contribution in [0.25, 0.3) is 0 Å². The Labute approximate surface area is 97.3 Å². The monoisotopic (exact) mass is 230 g/mol. The van der Waals surface area contributed by atoms with Crippen LogP contribution in [0.4, 0.5) is 0 Å². The summed E-state index contributed by atoms with van der Waals surface area (Å²) < 4.78 is 9.86. The van der Waals surface area contributed by atoms with Gasteiger partial charge in [0, 0.05) is 13.5 Å². The van der Waals surface area contributed by atoms with Crippen molar-refractivity contribution in [3.05, 3.63) is 0 Å². The highest BCUT2D eigenvalue weighted by atomic mass is 16.5. The standard InChI is InChI=1S/C12H22O4/c1-4-6-7-11(15-3)10(13)8-9-12(14)16-5-2/h11H,4-9H2,1-3H3. The first kappa shape index (κ1) is 15.1. The average Bonchev–Trinajstić information content (AvgIpc) is 2.28. The van der Waals surface area contributed by atoms with Crippen LogP contribution in [-0.2, 0) is 19.1 Å². The molecule has 1 atom stereocenters. The molecule has 0 N–H and O–H groups in total. The minimum absolute atomic E-state index is 0.0102. The summed E-state index contributed by atoms with van der Waals surface area (Å²) in [6.07, 6.45) is 2.72. The first-order chi connectivity index (χ1) is 7.65. The number of ether oxygens (including phenoxy) is 2. The van der Waals surface area contributed by atoms with E-state index >= 15 is 0 Å². The van der Waals surface area contributed by atoms with Gasteiger partial charge in [-0.2, -0.15) is 0 Å². The molecule has 0 aromatic carbocycles. The Bertz CT molecular complexity index is 213. The molecule has 0 saturated heterocycles. The highest BCUT2D eigenvalue weighted by molar-refractivity contribution is 5.86. The van der Waals surface area contributed by atoms with E-state index < -0.39 is 0 Å². The summed E-state index contributed by atoms with van der Waals surface area (Å²) in [6, 6.07) is 0. The predicted octanol–water partition coefficient (Wildman–Crippen LogP) is 2.10. The number of methoxy groups -OCH3 is 1. The summed E-state index contributed by atoms with van der Waals surface area (Å²) >= 11 is 0. The molecule has 16 heavy (non-hydrogen) atoms. The zero-order valence-corrected chi connectivity index (χ0v) is 10.5. The van der Waals surface area contributed by atoms with Crippen LogP contribution in [0.5, 0.6) is 0 Å². The second-order valence-electron chi connectivity index (χ2n) is 3.64. The van der Waals surface area contributed by atoms with Crippen molar-refractivity contribution in [2.45, 2.75) is 52.1 Å². The van der Waals surface area contributed by atoms with Gasteiger partial charge in [0.1, 0.15) is 6.10 Å². The van der Waals surface area contributed by atoms with Crippen LogP contribution >= 0.6 is 0 Å². The number of unbranched alkanes of at least 4 members (excludes halogenated alkanes) is 1. The molecule has 0 amide bonds. The van der Waals surface area contributed by atoms with E-state index in [-0.39, 0.29) is 30.7 Å². The highest BCUT2D eigenvalue weighted by Gasteiger charge is 2.18. The van der Waals surface area contributed by atoms with Crippen LogP contribution in [0.2, 0.25) is 0 Å². The fraction of sp³-hybridized carbons (Fsp3) is 0.833. The molecule has 4 nitrogen and oxygen atoms in total. The van der Waals surface area contributed by atoms with E-state index in [0.717, 1.165) is 19.3 Å². The molecule has 0 radical (unpaired) electrons. The molecule has 1 unspecified atom stereocenters. The second-order valence-corrected chi connectivity index (χ2v) is 3.64. The van der Waals surface area contributed by atoms with Gasteiger partial charge in [-0.15, -0.1) is 0 Å². The van der Waals surface area contributed by atoms with Crippen molar-refractivity contribution in [3.63, 3.8) is 0 Å². The summed E-state index contributed by atoms with van der Waals surface area (Å²) in [5.74, 6) is -0.329. The van der Waals surface area contributed by atoms with Crippen molar-refractivity contribution in [3.8, 4) is 0 Å². The van der Waals surface area contributed by atoms with E-state index in [1.807, 2.05) is 0 Å². The third kappa shape index (κ3) is 6.56. The molecule has 0 heterocycles.